The minimum absolute atomic E-state index is 0.123. The zero-order valence-corrected chi connectivity index (χ0v) is 14.8. The first kappa shape index (κ1) is 17.7. The molecule has 4 amide bonds. The predicted octanol–water partition coefficient (Wildman–Crippen LogP) is 2.60. The van der Waals surface area contributed by atoms with Gasteiger partial charge in [0.2, 0.25) is 5.91 Å². The van der Waals surface area contributed by atoms with Gasteiger partial charge in [-0.2, -0.15) is 0 Å². The molecule has 7 heteroatoms. The first-order valence-electron chi connectivity index (χ1n) is 8.66. The van der Waals surface area contributed by atoms with Crippen molar-refractivity contribution in [2.45, 2.75) is 50.6 Å². The Hall–Kier alpha value is -2.08. The molecule has 25 heavy (non-hydrogen) atoms. The Labute approximate surface area is 151 Å². The first-order chi connectivity index (χ1) is 12.0. The second-order valence-electron chi connectivity index (χ2n) is 6.65. The van der Waals surface area contributed by atoms with Gasteiger partial charge in [0.05, 0.1) is 0 Å². The summed E-state index contributed by atoms with van der Waals surface area (Å²) in [6.45, 7) is 0.636. The number of urea groups is 1. The zero-order chi connectivity index (χ0) is 17.9. The number of imide groups is 1. The number of nitrogens with zero attached hydrogens (tertiary/aromatic N) is 1. The Morgan fingerprint density at radius 3 is 2.68 bits per heavy atom. The van der Waals surface area contributed by atoms with Gasteiger partial charge in [-0.05, 0) is 30.9 Å². The maximum atomic E-state index is 12.5. The number of carbonyl (C=O) groups excluding carboxylic acids is 3. The number of hydrogen-bond donors (Lipinski definition) is 2. The number of amides is 4. The molecule has 134 valence electrons. The van der Waals surface area contributed by atoms with Gasteiger partial charge in [-0.1, -0.05) is 42.6 Å². The molecule has 1 aliphatic carbocycles. The van der Waals surface area contributed by atoms with Crippen molar-refractivity contribution in [1.82, 2.24) is 15.5 Å². The van der Waals surface area contributed by atoms with Crippen LogP contribution >= 0.6 is 11.6 Å². The normalized spacial score (nSPS) is 18.7. The number of hydrogen-bond acceptors (Lipinski definition) is 3. The topological polar surface area (TPSA) is 78.5 Å². The van der Waals surface area contributed by atoms with Gasteiger partial charge in [-0.25, -0.2) is 4.79 Å². The molecule has 1 saturated heterocycles. The minimum Gasteiger partial charge on any atom is -0.352 e. The summed E-state index contributed by atoms with van der Waals surface area (Å²) in [4.78, 5) is 37.8. The number of rotatable bonds is 6. The van der Waals surface area contributed by atoms with Crippen molar-refractivity contribution in [3.63, 3.8) is 0 Å². The average molecular weight is 364 g/mol. The van der Waals surface area contributed by atoms with Crippen molar-refractivity contribution in [1.29, 1.82) is 0 Å². The molecular formula is C18H22ClN3O3. The monoisotopic (exact) mass is 363 g/mol. The predicted molar refractivity (Wildman–Crippen MR) is 94.0 cm³/mol. The van der Waals surface area contributed by atoms with E-state index in [2.05, 4.69) is 10.6 Å². The van der Waals surface area contributed by atoms with E-state index in [0.717, 1.165) is 18.4 Å². The summed E-state index contributed by atoms with van der Waals surface area (Å²) >= 11 is 6.05. The molecule has 0 bridgehead atoms. The summed E-state index contributed by atoms with van der Waals surface area (Å²) in [7, 11) is 0. The van der Waals surface area contributed by atoms with Crippen molar-refractivity contribution >= 4 is 29.4 Å². The van der Waals surface area contributed by atoms with Gasteiger partial charge >= 0.3 is 6.03 Å². The molecule has 6 nitrogen and oxygen atoms in total. The van der Waals surface area contributed by atoms with E-state index < -0.39 is 5.54 Å². The van der Waals surface area contributed by atoms with E-state index in [9.17, 15) is 14.4 Å². The summed E-state index contributed by atoms with van der Waals surface area (Å²) in [5, 5.41) is 6.27. The minimum atomic E-state index is -0.677. The van der Waals surface area contributed by atoms with Crippen LogP contribution < -0.4 is 10.6 Å². The molecule has 2 fully saturated rings. The van der Waals surface area contributed by atoms with E-state index in [-0.39, 0.29) is 30.8 Å². The Kier molecular flexibility index (Phi) is 5.27. The molecule has 1 heterocycles. The Bertz CT molecular complexity index is 686. The maximum absolute atomic E-state index is 12.5. The van der Waals surface area contributed by atoms with Crippen LogP contribution in [0.3, 0.4) is 0 Å². The fraction of sp³-hybridized carbons (Fsp3) is 0.500. The summed E-state index contributed by atoms with van der Waals surface area (Å²) in [6.07, 6.45) is 4.06. The van der Waals surface area contributed by atoms with Crippen LogP contribution in [-0.2, 0) is 16.1 Å². The molecule has 0 atom stereocenters. The smallest absolute Gasteiger partial charge is 0.325 e. The van der Waals surface area contributed by atoms with Gasteiger partial charge in [0.15, 0.2) is 0 Å². The van der Waals surface area contributed by atoms with E-state index in [0.29, 0.717) is 30.8 Å². The van der Waals surface area contributed by atoms with Crippen LogP contribution in [0, 0.1) is 0 Å². The second kappa shape index (κ2) is 7.44. The van der Waals surface area contributed by atoms with Crippen LogP contribution in [0.15, 0.2) is 24.3 Å². The lowest BCUT2D eigenvalue weighted by Gasteiger charge is -2.19. The molecule has 0 unspecified atom stereocenters. The Morgan fingerprint density at radius 1 is 1.24 bits per heavy atom. The van der Waals surface area contributed by atoms with E-state index in [1.165, 1.54) is 4.90 Å². The largest absolute Gasteiger partial charge is 0.352 e. The van der Waals surface area contributed by atoms with Crippen LogP contribution in [0.1, 0.15) is 44.1 Å². The molecule has 1 aromatic carbocycles. The third-order valence-electron chi connectivity index (χ3n) is 4.92. The summed E-state index contributed by atoms with van der Waals surface area (Å²) in [6, 6.07) is 7.01. The summed E-state index contributed by atoms with van der Waals surface area (Å²) < 4.78 is 0. The Balaban J connectivity index is 1.43. The van der Waals surface area contributed by atoms with Crippen LogP contribution in [0.2, 0.25) is 5.02 Å². The van der Waals surface area contributed by atoms with Gasteiger partial charge in [-0.15, -0.1) is 0 Å². The molecule has 1 aromatic rings. The lowest BCUT2D eigenvalue weighted by Crippen LogP contribution is -2.44. The molecule has 0 radical (unpaired) electrons. The third-order valence-corrected chi connectivity index (χ3v) is 5.29. The van der Waals surface area contributed by atoms with Gasteiger partial charge in [0.25, 0.3) is 5.91 Å². The lowest BCUT2D eigenvalue weighted by molar-refractivity contribution is -0.131. The Morgan fingerprint density at radius 2 is 1.96 bits per heavy atom. The van der Waals surface area contributed by atoms with Crippen LogP contribution in [0.5, 0.6) is 0 Å². The average Bonchev–Trinajstić information content (AvgIpc) is 3.15. The fourth-order valence-electron chi connectivity index (χ4n) is 3.52. The summed E-state index contributed by atoms with van der Waals surface area (Å²) in [5.41, 5.74) is 0.179. The van der Waals surface area contributed by atoms with E-state index in [4.69, 9.17) is 11.6 Å². The molecular weight excluding hydrogens is 342 g/mol. The quantitative estimate of drug-likeness (QED) is 0.762. The number of benzene rings is 1. The number of nitrogens with one attached hydrogen (secondary N) is 2. The SMILES string of the molecule is O=C(CCCN1C(=O)NC2(CCCC2)C1=O)NCc1ccccc1Cl. The third kappa shape index (κ3) is 3.79. The van der Waals surface area contributed by atoms with Crippen LogP contribution in [-0.4, -0.2) is 34.8 Å². The van der Waals surface area contributed by atoms with Crippen molar-refractivity contribution in [2.24, 2.45) is 0 Å². The summed E-state index contributed by atoms with van der Waals surface area (Å²) in [5.74, 6) is -0.256. The second-order valence-corrected chi connectivity index (χ2v) is 7.06. The van der Waals surface area contributed by atoms with Crippen LogP contribution in [0.4, 0.5) is 4.79 Å². The highest BCUT2D eigenvalue weighted by atomic mass is 35.5. The number of carbonyl (C=O) groups is 3. The zero-order valence-electron chi connectivity index (χ0n) is 14.0. The molecule has 3 rings (SSSR count). The van der Waals surface area contributed by atoms with E-state index >= 15 is 0 Å². The highest BCUT2D eigenvalue weighted by molar-refractivity contribution is 6.31. The van der Waals surface area contributed by atoms with E-state index in [1.807, 2.05) is 18.2 Å². The van der Waals surface area contributed by atoms with E-state index in [1.54, 1.807) is 6.07 Å². The van der Waals surface area contributed by atoms with Gasteiger partial charge < -0.3 is 10.6 Å². The van der Waals surface area contributed by atoms with Gasteiger partial charge in [0, 0.05) is 24.5 Å². The highest BCUT2D eigenvalue weighted by Gasteiger charge is 2.51. The molecule has 1 aliphatic heterocycles. The maximum Gasteiger partial charge on any atom is 0.325 e. The van der Waals surface area contributed by atoms with Gasteiger partial charge in [-0.3, -0.25) is 14.5 Å². The van der Waals surface area contributed by atoms with Crippen molar-refractivity contribution in [3.05, 3.63) is 34.9 Å². The van der Waals surface area contributed by atoms with Crippen molar-refractivity contribution < 1.29 is 14.4 Å². The molecule has 1 saturated carbocycles. The standard InChI is InChI=1S/C18H22ClN3O3/c19-14-7-2-1-6-13(14)12-20-15(23)8-5-11-22-16(24)18(21-17(22)25)9-3-4-10-18/h1-2,6-7H,3-5,8-12H2,(H,20,23)(H,21,25). The molecule has 1 spiro atoms. The molecule has 2 N–H and O–H groups in total. The highest BCUT2D eigenvalue weighted by Crippen LogP contribution is 2.35. The molecule has 2 aliphatic rings. The first-order valence-corrected chi connectivity index (χ1v) is 9.04. The van der Waals surface area contributed by atoms with Gasteiger partial charge in [0.1, 0.15) is 5.54 Å². The fourth-order valence-corrected chi connectivity index (χ4v) is 3.72. The van der Waals surface area contributed by atoms with Crippen molar-refractivity contribution in [2.75, 3.05) is 6.54 Å². The number of halogens is 1. The molecule has 0 aromatic heterocycles. The lowest BCUT2D eigenvalue weighted by atomic mass is 9.98. The van der Waals surface area contributed by atoms with Crippen molar-refractivity contribution in [3.8, 4) is 0 Å². The van der Waals surface area contributed by atoms with Crippen LogP contribution in [0.25, 0.3) is 0 Å².